The Balaban J connectivity index is 1.94. The lowest BCUT2D eigenvalue weighted by atomic mass is 10.0. The molecule has 4 rings (SSSR count). The fourth-order valence-electron chi connectivity index (χ4n) is 4.90. The maximum atomic E-state index is 14.3. The number of carbonyl (C=O) groups is 1. The molecule has 0 fully saturated rings. The fourth-order valence-corrected chi connectivity index (χ4v) is 5.86. The number of thiazole rings is 1. The lowest BCUT2D eigenvalue weighted by molar-refractivity contribution is 0.0791. The second-order valence-electron chi connectivity index (χ2n) is 9.81. The SMILES string of the molecule is CCCCCN(C)C(=O)c1cc(-c2nc(-c3ccc(Cl)cc3)cs2)c(=O)n(-c2c(CC)cccc2CC)c1C. The van der Waals surface area contributed by atoms with Gasteiger partial charge in [-0.15, -0.1) is 11.3 Å². The first-order valence-corrected chi connectivity index (χ1v) is 14.9. The Hall–Kier alpha value is -3.22. The monoisotopic (exact) mass is 561 g/mol. The van der Waals surface area contributed by atoms with Gasteiger partial charge in [0.15, 0.2) is 0 Å². The molecule has 0 radical (unpaired) electrons. The highest BCUT2D eigenvalue weighted by Crippen LogP contribution is 2.31. The van der Waals surface area contributed by atoms with Gasteiger partial charge in [-0.05, 0) is 55.5 Å². The second-order valence-corrected chi connectivity index (χ2v) is 11.1. The maximum absolute atomic E-state index is 14.3. The molecule has 0 atom stereocenters. The molecule has 0 aliphatic rings. The number of para-hydroxylation sites is 1. The minimum absolute atomic E-state index is 0.0832. The first kappa shape index (κ1) is 28.8. The van der Waals surface area contributed by atoms with Gasteiger partial charge in [-0.2, -0.15) is 0 Å². The molecule has 2 aromatic carbocycles. The number of aromatic nitrogens is 2. The Morgan fingerprint density at radius 2 is 1.69 bits per heavy atom. The van der Waals surface area contributed by atoms with E-state index in [-0.39, 0.29) is 11.5 Å². The standard InChI is InChI=1S/C32H36ClN3O2S/c1-6-9-10-18-35(5)31(37)26-19-27(30-34-28(20-39-30)24-14-16-25(33)17-15-24)32(38)36(21(26)4)29-22(7-2)12-11-13-23(29)8-3/h11-17,19-20H,6-10,18H2,1-5H3. The first-order valence-electron chi connectivity index (χ1n) is 13.7. The third-order valence-corrected chi connectivity index (χ3v) is 8.31. The van der Waals surface area contributed by atoms with E-state index >= 15 is 0 Å². The summed E-state index contributed by atoms with van der Waals surface area (Å²) >= 11 is 7.48. The number of amides is 1. The summed E-state index contributed by atoms with van der Waals surface area (Å²) < 4.78 is 1.75. The van der Waals surface area contributed by atoms with E-state index < -0.39 is 0 Å². The second kappa shape index (κ2) is 12.8. The maximum Gasteiger partial charge on any atom is 0.265 e. The number of nitrogens with zero attached hydrogens (tertiary/aromatic N) is 3. The van der Waals surface area contributed by atoms with E-state index in [9.17, 15) is 9.59 Å². The average molecular weight is 562 g/mol. The number of pyridine rings is 1. The zero-order chi connectivity index (χ0) is 28.1. The summed E-state index contributed by atoms with van der Waals surface area (Å²) in [5.74, 6) is -0.0832. The van der Waals surface area contributed by atoms with Gasteiger partial charge in [0.1, 0.15) is 5.01 Å². The molecule has 2 heterocycles. The first-order chi connectivity index (χ1) is 18.8. The third kappa shape index (κ3) is 6.02. The predicted molar refractivity (Wildman–Crippen MR) is 164 cm³/mol. The van der Waals surface area contributed by atoms with Crippen molar-refractivity contribution in [1.29, 1.82) is 0 Å². The molecule has 4 aromatic rings. The smallest absolute Gasteiger partial charge is 0.265 e. The van der Waals surface area contributed by atoms with Crippen LogP contribution in [0, 0.1) is 6.92 Å². The number of hydrogen-bond acceptors (Lipinski definition) is 4. The summed E-state index contributed by atoms with van der Waals surface area (Å²) in [6, 6.07) is 15.4. The number of halogens is 1. The lowest BCUT2D eigenvalue weighted by Crippen LogP contribution is -2.32. The molecular formula is C32H36ClN3O2S. The highest BCUT2D eigenvalue weighted by atomic mass is 35.5. The van der Waals surface area contributed by atoms with Crippen molar-refractivity contribution in [1.82, 2.24) is 14.5 Å². The number of rotatable bonds is 10. The van der Waals surface area contributed by atoms with E-state index in [4.69, 9.17) is 16.6 Å². The van der Waals surface area contributed by atoms with E-state index in [1.165, 1.54) is 11.3 Å². The Labute approximate surface area is 240 Å². The quantitative estimate of drug-likeness (QED) is 0.184. The Bertz CT molecular complexity index is 1500. The van der Waals surface area contributed by atoms with Crippen LogP contribution in [-0.4, -0.2) is 34.0 Å². The highest BCUT2D eigenvalue weighted by molar-refractivity contribution is 7.13. The average Bonchev–Trinajstić information content (AvgIpc) is 3.43. The third-order valence-electron chi connectivity index (χ3n) is 7.18. The van der Waals surface area contributed by atoms with Gasteiger partial charge in [0.05, 0.1) is 22.5 Å². The van der Waals surface area contributed by atoms with E-state index in [0.717, 1.165) is 60.2 Å². The van der Waals surface area contributed by atoms with Crippen molar-refractivity contribution in [3.8, 4) is 27.5 Å². The van der Waals surface area contributed by atoms with E-state index in [2.05, 4.69) is 32.9 Å². The molecule has 5 nitrogen and oxygen atoms in total. The zero-order valence-corrected chi connectivity index (χ0v) is 25.0. The van der Waals surface area contributed by atoms with E-state index in [0.29, 0.717) is 33.4 Å². The largest absolute Gasteiger partial charge is 0.342 e. The van der Waals surface area contributed by atoms with Crippen molar-refractivity contribution in [2.24, 2.45) is 0 Å². The van der Waals surface area contributed by atoms with Gasteiger partial charge in [0.2, 0.25) is 0 Å². The Morgan fingerprint density at radius 3 is 2.31 bits per heavy atom. The van der Waals surface area contributed by atoms with Crippen LogP contribution in [0.4, 0.5) is 0 Å². The molecule has 2 aromatic heterocycles. The van der Waals surface area contributed by atoms with Gasteiger partial charge >= 0.3 is 0 Å². The summed E-state index contributed by atoms with van der Waals surface area (Å²) in [6.07, 6.45) is 4.65. The molecule has 1 amide bonds. The van der Waals surface area contributed by atoms with Crippen LogP contribution in [-0.2, 0) is 12.8 Å². The van der Waals surface area contributed by atoms with Gasteiger partial charge in [0, 0.05) is 35.3 Å². The zero-order valence-electron chi connectivity index (χ0n) is 23.4. The van der Waals surface area contributed by atoms with Crippen LogP contribution in [0.25, 0.3) is 27.5 Å². The van der Waals surface area contributed by atoms with E-state index in [1.807, 2.05) is 49.7 Å². The molecule has 7 heteroatoms. The summed E-state index contributed by atoms with van der Waals surface area (Å²) in [5.41, 5.74) is 6.18. The molecule has 0 N–H and O–H groups in total. The normalized spacial score (nSPS) is 11.1. The molecular weight excluding hydrogens is 526 g/mol. The van der Waals surface area contributed by atoms with Gasteiger partial charge in [0.25, 0.3) is 11.5 Å². The Morgan fingerprint density at radius 1 is 1.03 bits per heavy atom. The van der Waals surface area contributed by atoms with Crippen LogP contribution in [0.15, 0.2) is 58.7 Å². The number of hydrogen-bond donors (Lipinski definition) is 0. The topological polar surface area (TPSA) is 55.2 Å². The molecule has 0 saturated carbocycles. The van der Waals surface area contributed by atoms with Crippen molar-refractivity contribution >= 4 is 28.8 Å². The van der Waals surface area contributed by atoms with Crippen LogP contribution >= 0.6 is 22.9 Å². The Kier molecular flexibility index (Phi) is 9.41. The number of unbranched alkanes of at least 4 members (excludes halogenated alkanes) is 2. The summed E-state index contributed by atoms with van der Waals surface area (Å²) in [6.45, 7) is 8.89. The number of benzene rings is 2. The molecule has 204 valence electrons. The van der Waals surface area contributed by atoms with E-state index in [1.54, 1.807) is 15.5 Å². The number of aryl methyl sites for hydroxylation is 2. The van der Waals surface area contributed by atoms with Crippen LogP contribution in [0.2, 0.25) is 5.02 Å². The molecule has 0 aliphatic heterocycles. The van der Waals surface area contributed by atoms with Crippen LogP contribution in [0.5, 0.6) is 0 Å². The van der Waals surface area contributed by atoms with Gasteiger partial charge in [-0.3, -0.25) is 14.2 Å². The van der Waals surface area contributed by atoms with Crippen molar-refractivity contribution in [2.75, 3.05) is 13.6 Å². The van der Waals surface area contributed by atoms with Crippen molar-refractivity contribution < 1.29 is 4.79 Å². The molecule has 0 aliphatic carbocycles. The highest BCUT2D eigenvalue weighted by Gasteiger charge is 2.24. The van der Waals surface area contributed by atoms with Crippen LogP contribution < -0.4 is 5.56 Å². The van der Waals surface area contributed by atoms with Crippen molar-refractivity contribution in [3.05, 3.63) is 91.7 Å². The van der Waals surface area contributed by atoms with Crippen molar-refractivity contribution in [3.63, 3.8) is 0 Å². The van der Waals surface area contributed by atoms with Crippen LogP contribution in [0.1, 0.15) is 67.2 Å². The predicted octanol–water partition coefficient (Wildman–Crippen LogP) is 7.98. The lowest BCUT2D eigenvalue weighted by Gasteiger charge is -2.23. The number of carbonyl (C=O) groups excluding carboxylic acids is 1. The minimum atomic E-state index is -0.162. The molecule has 0 saturated heterocycles. The summed E-state index contributed by atoms with van der Waals surface area (Å²) in [7, 11) is 1.84. The summed E-state index contributed by atoms with van der Waals surface area (Å²) in [4.78, 5) is 34.6. The van der Waals surface area contributed by atoms with Crippen molar-refractivity contribution in [2.45, 2.75) is 59.8 Å². The molecule has 39 heavy (non-hydrogen) atoms. The van der Waals surface area contributed by atoms with Gasteiger partial charge in [-0.1, -0.05) is 75.5 Å². The molecule has 0 spiro atoms. The van der Waals surface area contributed by atoms with Gasteiger partial charge in [-0.25, -0.2) is 4.98 Å². The summed E-state index contributed by atoms with van der Waals surface area (Å²) in [5, 5.41) is 3.19. The molecule has 0 unspecified atom stereocenters. The fraction of sp³-hybridized carbons (Fsp3) is 0.344. The molecule has 0 bridgehead atoms. The van der Waals surface area contributed by atoms with Crippen LogP contribution in [0.3, 0.4) is 0 Å². The minimum Gasteiger partial charge on any atom is -0.342 e. The van der Waals surface area contributed by atoms with Gasteiger partial charge < -0.3 is 4.90 Å².